The Morgan fingerprint density at radius 3 is 2.18 bits per heavy atom. The summed E-state index contributed by atoms with van der Waals surface area (Å²) in [7, 11) is 0. The van der Waals surface area contributed by atoms with Gasteiger partial charge in [-0.2, -0.15) is 0 Å². The fraction of sp³-hybridized carbons (Fsp3) is 0.538. The van der Waals surface area contributed by atoms with Crippen molar-refractivity contribution in [2.75, 3.05) is 0 Å². The van der Waals surface area contributed by atoms with Crippen LogP contribution in [0, 0.1) is 16.7 Å². The molecule has 0 aromatic heterocycles. The van der Waals surface area contributed by atoms with E-state index in [1.54, 1.807) is 13.0 Å². The minimum absolute atomic E-state index is 0.153. The third-order valence-electron chi connectivity index (χ3n) is 3.80. The lowest BCUT2D eigenvalue weighted by atomic mass is 9.55. The molecule has 2 unspecified atom stereocenters. The SMILES string of the molecule is CC(C)(C)C1(C)C(C(=O)O)=CC=CC1C(=O)O. The molecular formula is C13H18O4. The van der Waals surface area contributed by atoms with E-state index in [2.05, 4.69) is 0 Å². The molecule has 0 aromatic rings. The summed E-state index contributed by atoms with van der Waals surface area (Å²) >= 11 is 0. The van der Waals surface area contributed by atoms with Crippen LogP contribution in [0.15, 0.2) is 23.8 Å². The molecule has 0 aliphatic heterocycles. The molecule has 0 saturated heterocycles. The summed E-state index contributed by atoms with van der Waals surface area (Å²) in [6.07, 6.45) is 4.56. The Balaban J connectivity index is 3.43. The number of hydrogen-bond donors (Lipinski definition) is 2. The third-order valence-corrected chi connectivity index (χ3v) is 3.80. The number of carboxylic acid groups (broad SMARTS) is 2. The monoisotopic (exact) mass is 238 g/mol. The van der Waals surface area contributed by atoms with Crippen LogP contribution in [0.25, 0.3) is 0 Å². The molecule has 0 spiro atoms. The van der Waals surface area contributed by atoms with Crippen molar-refractivity contribution in [1.29, 1.82) is 0 Å². The number of allylic oxidation sites excluding steroid dienone is 2. The van der Waals surface area contributed by atoms with E-state index in [0.717, 1.165) is 0 Å². The first kappa shape index (κ1) is 13.5. The number of carboxylic acids is 2. The van der Waals surface area contributed by atoms with Crippen LogP contribution in [0.4, 0.5) is 0 Å². The lowest BCUT2D eigenvalue weighted by Crippen LogP contribution is -2.47. The van der Waals surface area contributed by atoms with E-state index >= 15 is 0 Å². The molecular weight excluding hydrogens is 220 g/mol. The van der Waals surface area contributed by atoms with E-state index in [4.69, 9.17) is 0 Å². The summed E-state index contributed by atoms with van der Waals surface area (Å²) in [5.41, 5.74) is -1.25. The van der Waals surface area contributed by atoms with Gasteiger partial charge in [-0.05, 0) is 5.41 Å². The van der Waals surface area contributed by atoms with Crippen LogP contribution in [-0.2, 0) is 9.59 Å². The van der Waals surface area contributed by atoms with Gasteiger partial charge in [0.05, 0.1) is 5.92 Å². The standard InChI is InChI=1S/C13H18O4/c1-12(2,3)13(4)8(10(14)15)6-5-7-9(13)11(16)17/h5-8H,1-4H3,(H,14,15)(H,16,17). The first-order chi connectivity index (χ1) is 7.62. The zero-order chi connectivity index (χ0) is 13.4. The van der Waals surface area contributed by atoms with E-state index in [1.165, 1.54) is 12.2 Å². The van der Waals surface area contributed by atoms with Gasteiger partial charge in [0.15, 0.2) is 0 Å². The summed E-state index contributed by atoms with van der Waals surface area (Å²) < 4.78 is 0. The zero-order valence-corrected chi connectivity index (χ0v) is 10.5. The molecule has 2 N–H and O–H groups in total. The molecule has 0 radical (unpaired) electrons. The van der Waals surface area contributed by atoms with E-state index < -0.39 is 28.7 Å². The molecule has 2 atom stereocenters. The quantitative estimate of drug-likeness (QED) is 0.774. The van der Waals surface area contributed by atoms with Gasteiger partial charge in [-0.1, -0.05) is 45.9 Å². The summed E-state index contributed by atoms with van der Waals surface area (Å²) in [4.78, 5) is 22.6. The average Bonchev–Trinajstić information content (AvgIpc) is 2.15. The number of carbonyl (C=O) groups is 2. The van der Waals surface area contributed by atoms with Crippen molar-refractivity contribution in [3.05, 3.63) is 23.8 Å². The number of hydrogen-bond acceptors (Lipinski definition) is 2. The average molecular weight is 238 g/mol. The molecule has 0 fully saturated rings. The lowest BCUT2D eigenvalue weighted by Gasteiger charge is -2.46. The second-order valence-electron chi connectivity index (χ2n) is 5.54. The van der Waals surface area contributed by atoms with Gasteiger partial charge < -0.3 is 10.2 Å². The Morgan fingerprint density at radius 1 is 1.29 bits per heavy atom. The Morgan fingerprint density at radius 2 is 1.82 bits per heavy atom. The molecule has 1 aliphatic carbocycles. The lowest BCUT2D eigenvalue weighted by molar-refractivity contribution is -0.147. The Bertz CT molecular complexity index is 412. The van der Waals surface area contributed by atoms with Crippen LogP contribution in [0.2, 0.25) is 0 Å². The van der Waals surface area contributed by atoms with Gasteiger partial charge in [-0.3, -0.25) is 4.79 Å². The fourth-order valence-corrected chi connectivity index (χ4v) is 2.29. The molecule has 0 saturated carbocycles. The Hall–Kier alpha value is -1.58. The van der Waals surface area contributed by atoms with Crippen LogP contribution in [0.1, 0.15) is 27.7 Å². The van der Waals surface area contributed by atoms with Gasteiger partial charge in [-0.15, -0.1) is 0 Å². The molecule has 94 valence electrons. The van der Waals surface area contributed by atoms with Gasteiger partial charge in [-0.25, -0.2) is 4.79 Å². The Labute approximate surface area is 101 Å². The summed E-state index contributed by atoms with van der Waals surface area (Å²) in [5, 5.41) is 18.5. The normalized spacial score (nSPS) is 28.7. The van der Waals surface area contributed by atoms with Crippen molar-refractivity contribution in [2.24, 2.45) is 16.7 Å². The zero-order valence-electron chi connectivity index (χ0n) is 10.5. The predicted octanol–water partition coefficient (Wildman–Crippen LogP) is 2.32. The van der Waals surface area contributed by atoms with Gasteiger partial charge in [0.25, 0.3) is 0 Å². The van der Waals surface area contributed by atoms with Crippen molar-refractivity contribution in [3.63, 3.8) is 0 Å². The molecule has 0 heterocycles. The van der Waals surface area contributed by atoms with Gasteiger partial charge in [0.1, 0.15) is 0 Å². The second-order valence-corrected chi connectivity index (χ2v) is 5.54. The van der Waals surface area contributed by atoms with Crippen molar-refractivity contribution in [3.8, 4) is 0 Å². The van der Waals surface area contributed by atoms with Crippen LogP contribution in [0.3, 0.4) is 0 Å². The first-order valence-electron chi connectivity index (χ1n) is 5.47. The highest BCUT2D eigenvalue weighted by molar-refractivity contribution is 5.91. The molecule has 17 heavy (non-hydrogen) atoms. The maximum absolute atomic E-state index is 11.3. The number of rotatable bonds is 2. The summed E-state index contributed by atoms with van der Waals surface area (Å²) in [6, 6.07) is 0. The van der Waals surface area contributed by atoms with Crippen LogP contribution in [-0.4, -0.2) is 22.2 Å². The topological polar surface area (TPSA) is 74.6 Å². The molecule has 1 aliphatic rings. The van der Waals surface area contributed by atoms with Crippen LogP contribution >= 0.6 is 0 Å². The minimum Gasteiger partial charge on any atom is -0.481 e. The van der Waals surface area contributed by atoms with Gasteiger partial charge in [0, 0.05) is 11.0 Å². The molecule has 0 bridgehead atoms. The summed E-state index contributed by atoms with van der Waals surface area (Å²) in [6.45, 7) is 7.28. The van der Waals surface area contributed by atoms with Crippen molar-refractivity contribution < 1.29 is 19.8 Å². The van der Waals surface area contributed by atoms with E-state index in [9.17, 15) is 19.8 Å². The molecule has 0 amide bonds. The van der Waals surface area contributed by atoms with E-state index in [-0.39, 0.29) is 5.57 Å². The van der Waals surface area contributed by atoms with Gasteiger partial charge in [0.2, 0.25) is 0 Å². The molecule has 4 heteroatoms. The highest BCUT2D eigenvalue weighted by atomic mass is 16.4. The first-order valence-corrected chi connectivity index (χ1v) is 5.47. The predicted molar refractivity (Wildman–Crippen MR) is 63.5 cm³/mol. The highest BCUT2D eigenvalue weighted by Gasteiger charge is 2.52. The Kier molecular flexibility index (Phi) is 3.19. The number of aliphatic carboxylic acids is 2. The van der Waals surface area contributed by atoms with E-state index in [1.807, 2.05) is 20.8 Å². The van der Waals surface area contributed by atoms with Crippen LogP contribution < -0.4 is 0 Å². The van der Waals surface area contributed by atoms with E-state index in [0.29, 0.717) is 0 Å². The molecule has 1 rings (SSSR count). The third kappa shape index (κ3) is 1.99. The minimum atomic E-state index is -1.06. The molecule has 4 nitrogen and oxygen atoms in total. The fourth-order valence-electron chi connectivity index (χ4n) is 2.29. The molecule has 0 aromatic carbocycles. The largest absolute Gasteiger partial charge is 0.481 e. The maximum atomic E-state index is 11.3. The maximum Gasteiger partial charge on any atom is 0.332 e. The smallest absolute Gasteiger partial charge is 0.332 e. The second kappa shape index (κ2) is 4.02. The van der Waals surface area contributed by atoms with Crippen molar-refractivity contribution >= 4 is 11.9 Å². The van der Waals surface area contributed by atoms with Crippen molar-refractivity contribution in [2.45, 2.75) is 27.7 Å². The van der Waals surface area contributed by atoms with Gasteiger partial charge >= 0.3 is 11.9 Å². The summed E-state index contributed by atoms with van der Waals surface area (Å²) in [5.74, 6) is -2.87. The van der Waals surface area contributed by atoms with Crippen molar-refractivity contribution in [1.82, 2.24) is 0 Å². The van der Waals surface area contributed by atoms with Crippen LogP contribution in [0.5, 0.6) is 0 Å². The highest BCUT2D eigenvalue weighted by Crippen LogP contribution is 2.52.